The van der Waals surface area contributed by atoms with Gasteiger partial charge in [0.05, 0.1) is 6.20 Å². The van der Waals surface area contributed by atoms with E-state index in [1.165, 1.54) is 16.8 Å². The summed E-state index contributed by atoms with van der Waals surface area (Å²) < 4.78 is 21.1. The Morgan fingerprint density at radius 1 is 0.920 bits per heavy atom. The van der Waals surface area contributed by atoms with Gasteiger partial charge in [0, 0.05) is 30.1 Å². The Bertz CT molecular complexity index is 989. The highest BCUT2D eigenvalue weighted by atomic mass is 19.1. The molecule has 3 aromatic heterocycles. The fourth-order valence-corrected chi connectivity index (χ4v) is 2.30. The summed E-state index contributed by atoms with van der Waals surface area (Å²) in [7, 11) is 0. The van der Waals surface area contributed by atoms with Crippen LogP contribution in [0.1, 0.15) is 0 Å². The minimum atomic E-state index is -0.434. The molecule has 7 heteroatoms. The van der Waals surface area contributed by atoms with Crippen molar-refractivity contribution in [3.05, 3.63) is 79.0 Å². The lowest BCUT2D eigenvalue weighted by Gasteiger charge is -2.06. The normalized spacial score (nSPS) is 10.6. The third-order valence-electron chi connectivity index (χ3n) is 3.40. The highest BCUT2D eigenvalue weighted by molar-refractivity contribution is 5.60. The Labute approximate surface area is 142 Å². The molecule has 0 atom stereocenters. The predicted molar refractivity (Wildman–Crippen MR) is 88.9 cm³/mol. The lowest BCUT2D eigenvalue weighted by molar-refractivity contribution is 0.458. The first-order valence-electron chi connectivity index (χ1n) is 7.51. The van der Waals surface area contributed by atoms with Crippen LogP contribution in [0.4, 0.5) is 4.39 Å². The van der Waals surface area contributed by atoms with E-state index in [-0.39, 0.29) is 0 Å². The Morgan fingerprint density at radius 2 is 1.76 bits per heavy atom. The van der Waals surface area contributed by atoms with Gasteiger partial charge in [0.1, 0.15) is 17.3 Å². The van der Waals surface area contributed by atoms with E-state index in [4.69, 9.17) is 4.74 Å². The van der Waals surface area contributed by atoms with E-state index >= 15 is 0 Å². The van der Waals surface area contributed by atoms with Crippen LogP contribution >= 0.6 is 0 Å². The van der Waals surface area contributed by atoms with Crippen molar-refractivity contribution in [2.75, 3.05) is 0 Å². The van der Waals surface area contributed by atoms with E-state index in [0.29, 0.717) is 28.7 Å². The van der Waals surface area contributed by atoms with Crippen LogP contribution in [0, 0.1) is 5.82 Å². The fourth-order valence-electron chi connectivity index (χ4n) is 2.30. The van der Waals surface area contributed by atoms with Crippen LogP contribution < -0.4 is 4.74 Å². The number of nitrogens with zero attached hydrogens (tertiary/aromatic N) is 5. The van der Waals surface area contributed by atoms with Gasteiger partial charge < -0.3 is 4.74 Å². The summed E-state index contributed by atoms with van der Waals surface area (Å²) in [4.78, 5) is 8.27. The lowest BCUT2D eigenvalue weighted by atomic mass is 10.1. The first-order valence-corrected chi connectivity index (χ1v) is 7.51. The molecule has 0 aliphatic carbocycles. The highest BCUT2D eigenvalue weighted by Crippen LogP contribution is 2.27. The van der Waals surface area contributed by atoms with Crippen molar-refractivity contribution < 1.29 is 9.13 Å². The van der Waals surface area contributed by atoms with Crippen LogP contribution in [-0.2, 0) is 0 Å². The van der Waals surface area contributed by atoms with Gasteiger partial charge in [-0.25, -0.2) is 19.0 Å². The molecule has 0 unspecified atom stereocenters. The highest BCUT2D eigenvalue weighted by Gasteiger charge is 2.10. The number of halogens is 1. The van der Waals surface area contributed by atoms with E-state index in [9.17, 15) is 4.39 Å². The Kier molecular flexibility index (Phi) is 3.88. The topological polar surface area (TPSA) is 65.7 Å². The number of rotatable bonds is 4. The minimum Gasteiger partial charge on any atom is -0.439 e. The molecule has 0 amide bonds. The number of pyridine rings is 2. The summed E-state index contributed by atoms with van der Waals surface area (Å²) in [5.74, 6) is 0.913. The van der Waals surface area contributed by atoms with Gasteiger partial charge in [0.25, 0.3) is 0 Å². The maximum atomic E-state index is 14.0. The van der Waals surface area contributed by atoms with Gasteiger partial charge in [-0.05, 0) is 30.3 Å². The fraction of sp³-hybridized carbons (Fsp3) is 0. The van der Waals surface area contributed by atoms with Crippen LogP contribution in [0.5, 0.6) is 11.6 Å². The average Bonchev–Trinajstić information content (AvgIpc) is 3.13. The molecule has 3 heterocycles. The standard InChI is InChI=1S/C18H12FN5O/c19-14-9-13(10-15(11-14)25-18-6-2-4-8-21-18)16-12-24(23-22-16)17-5-1-3-7-20-17/h1-12H. The third kappa shape index (κ3) is 3.35. The maximum Gasteiger partial charge on any atom is 0.219 e. The molecule has 6 nitrogen and oxygen atoms in total. The number of hydrogen-bond acceptors (Lipinski definition) is 5. The molecule has 0 saturated heterocycles. The first kappa shape index (κ1) is 14.9. The van der Waals surface area contributed by atoms with Gasteiger partial charge in [-0.2, -0.15) is 0 Å². The summed E-state index contributed by atoms with van der Waals surface area (Å²) in [6.07, 6.45) is 4.95. The van der Waals surface area contributed by atoms with Crippen molar-refractivity contribution in [2.24, 2.45) is 0 Å². The van der Waals surface area contributed by atoms with Crippen molar-refractivity contribution in [3.63, 3.8) is 0 Å². The van der Waals surface area contributed by atoms with Gasteiger partial charge in [-0.1, -0.05) is 17.3 Å². The molecule has 0 fully saturated rings. The van der Waals surface area contributed by atoms with Crippen molar-refractivity contribution in [3.8, 4) is 28.7 Å². The average molecular weight is 333 g/mol. The van der Waals surface area contributed by atoms with Crippen molar-refractivity contribution in [1.82, 2.24) is 25.0 Å². The van der Waals surface area contributed by atoms with Gasteiger partial charge in [-0.3, -0.25) is 0 Å². The monoisotopic (exact) mass is 333 g/mol. The summed E-state index contributed by atoms with van der Waals surface area (Å²) in [5, 5.41) is 8.12. The molecule has 4 aromatic rings. The number of ether oxygens (including phenoxy) is 1. The second kappa shape index (κ2) is 6.48. The molecule has 0 aliphatic heterocycles. The Hall–Kier alpha value is -3.61. The second-order valence-electron chi connectivity index (χ2n) is 5.18. The predicted octanol–water partition coefficient (Wildman–Crippen LogP) is 3.66. The van der Waals surface area contributed by atoms with E-state index in [1.54, 1.807) is 48.9 Å². The summed E-state index contributed by atoms with van der Waals surface area (Å²) in [6, 6.07) is 15.1. The zero-order valence-corrected chi connectivity index (χ0v) is 13.0. The van der Waals surface area contributed by atoms with Crippen molar-refractivity contribution >= 4 is 0 Å². The molecule has 0 saturated carbocycles. The number of aromatic nitrogens is 5. The lowest BCUT2D eigenvalue weighted by Crippen LogP contribution is -1.96. The largest absolute Gasteiger partial charge is 0.439 e. The third-order valence-corrected chi connectivity index (χ3v) is 3.40. The molecule has 4 rings (SSSR count). The van der Waals surface area contributed by atoms with E-state index < -0.39 is 5.82 Å². The zero-order valence-electron chi connectivity index (χ0n) is 13.0. The summed E-state index contributed by atoms with van der Waals surface area (Å²) in [6.45, 7) is 0. The molecule has 25 heavy (non-hydrogen) atoms. The first-order chi connectivity index (χ1) is 12.3. The molecule has 1 aromatic carbocycles. The van der Waals surface area contributed by atoms with Crippen LogP contribution in [0.3, 0.4) is 0 Å². The SMILES string of the molecule is Fc1cc(Oc2ccccn2)cc(-c2cn(-c3ccccn3)nn2)c1. The summed E-state index contributed by atoms with van der Waals surface area (Å²) >= 11 is 0. The molecular formula is C18H12FN5O. The van der Waals surface area contributed by atoms with Crippen LogP contribution in [0.15, 0.2) is 73.2 Å². The molecule has 0 bridgehead atoms. The molecular weight excluding hydrogens is 321 g/mol. The van der Waals surface area contributed by atoms with Crippen LogP contribution in [0.25, 0.3) is 17.1 Å². The van der Waals surface area contributed by atoms with E-state index in [1.807, 2.05) is 12.1 Å². The van der Waals surface area contributed by atoms with Gasteiger partial charge in [0.15, 0.2) is 5.82 Å². The quantitative estimate of drug-likeness (QED) is 0.570. The van der Waals surface area contributed by atoms with Gasteiger partial charge >= 0.3 is 0 Å². The molecule has 0 aliphatic rings. The van der Waals surface area contributed by atoms with Crippen molar-refractivity contribution in [1.29, 1.82) is 0 Å². The smallest absolute Gasteiger partial charge is 0.219 e. The molecule has 0 radical (unpaired) electrons. The van der Waals surface area contributed by atoms with Crippen LogP contribution in [-0.4, -0.2) is 25.0 Å². The molecule has 0 spiro atoms. The van der Waals surface area contributed by atoms with Crippen molar-refractivity contribution in [2.45, 2.75) is 0 Å². The number of hydrogen-bond donors (Lipinski definition) is 0. The van der Waals surface area contributed by atoms with E-state index in [0.717, 1.165) is 0 Å². The summed E-state index contributed by atoms with van der Waals surface area (Å²) in [5.41, 5.74) is 1.06. The molecule has 0 N–H and O–H groups in total. The maximum absolute atomic E-state index is 14.0. The van der Waals surface area contributed by atoms with Gasteiger partial charge in [0.2, 0.25) is 5.88 Å². The van der Waals surface area contributed by atoms with Crippen LogP contribution in [0.2, 0.25) is 0 Å². The second-order valence-corrected chi connectivity index (χ2v) is 5.18. The minimum absolute atomic E-state index is 0.334. The molecule has 122 valence electrons. The Morgan fingerprint density at radius 3 is 2.52 bits per heavy atom. The number of benzene rings is 1. The van der Waals surface area contributed by atoms with E-state index in [2.05, 4.69) is 20.3 Å². The zero-order chi connectivity index (χ0) is 17.1. The van der Waals surface area contributed by atoms with Gasteiger partial charge in [-0.15, -0.1) is 5.10 Å². The Balaban J connectivity index is 1.66.